The van der Waals surface area contributed by atoms with Gasteiger partial charge >= 0.3 is 12.0 Å². The first-order valence-corrected chi connectivity index (χ1v) is 10.2. The third-order valence-corrected chi connectivity index (χ3v) is 5.55. The Morgan fingerprint density at radius 2 is 1.58 bits per heavy atom. The minimum Gasteiger partial charge on any atom is -0.480 e. The first-order chi connectivity index (χ1) is 15.0. The van der Waals surface area contributed by atoms with Crippen LogP contribution in [0, 0.1) is 0 Å². The van der Waals surface area contributed by atoms with Gasteiger partial charge in [0, 0.05) is 49.7 Å². The number of urea groups is 1. The molecular formula is C23H24N4O4. The van der Waals surface area contributed by atoms with Crippen LogP contribution in [-0.4, -0.2) is 70.0 Å². The van der Waals surface area contributed by atoms with Gasteiger partial charge in [0.05, 0.1) is 5.56 Å². The number of rotatable bonds is 5. The lowest BCUT2D eigenvalue weighted by atomic mass is 10.1. The number of aromatic nitrogens is 1. The van der Waals surface area contributed by atoms with E-state index in [9.17, 15) is 19.5 Å². The summed E-state index contributed by atoms with van der Waals surface area (Å²) in [5, 5.41) is 13.0. The van der Waals surface area contributed by atoms with E-state index in [0.717, 1.165) is 16.5 Å². The molecular weight excluding hydrogens is 396 g/mol. The summed E-state index contributed by atoms with van der Waals surface area (Å²) in [5.74, 6) is -1.16. The number of aliphatic carboxylic acids is 1. The molecule has 1 aromatic heterocycles. The summed E-state index contributed by atoms with van der Waals surface area (Å²) in [6, 6.07) is 15.4. The Morgan fingerprint density at radius 1 is 0.935 bits per heavy atom. The third kappa shape index (κ3) is 4.53. The van der Waals surface area contributed by atoms with Crippen LogP contribution < -0.4 is 5.32 Å². The van der Waals surface area contributed by atoms with Crippen LogP contribution in [0.5, 0.6) is 0 Å². The standard InChI is InChI=1S/C23H24N4O4/c28-21(18-15-24-19-9-5-4-8-17(18)19)26-10-12-27(13-11-26)23(31)25-20(22(29)30)14-16-6-2-1-3-7-16/h1-9,15,20,24H,10-14H2,(H,25,31)(H,29,30)/t20-/m0/s1. The molecule has 3 aromatic rings. The van der Waals surface area contributed by atoms with E-state index in [0.29, 0.717) is 31.7 Å². The summed E-state index contributed by atoms with van der Waals surface area (Å²) in [4.78, 5) is 43.6. The van der Waals surface area contributed by atoms with Crippen molar-refractivity contribution in [2.24, 2.45) is 0 Å². The highest BCUT2D eigenvalue weighted by Crippen LogP contribution is 2.20. The maximum absolute atomic E-state index is 12.9. The Hall–Kier alpha value is -3.81. The number of carboxylic acid groups (broad SMARTS) is 1. The van der Waals surface area contributed by atoms with Crippen LogP contribution in [0.1, 0.15) is 15.9 Å². The van der Waals surface area contributed by atoms with E-state index in [-0.39, 0.29) is 12.3 Å². The van der Waals surface area contributed by atoms with Crippen molar-refractivity contribution >= 4 is 28.8 Å². The van der Waals surface area contributed by atoms with Crippen LogP contribution in [0.3, 0.4) is 0 Å². The second kappa shape index (κ2) is 8.91. The van der Waals surface area contributed by atoms with E-state index in [1.165, 1.54) is 0 Å². The molecule has 8 nitrogen and oxygen atoms in total. The minimum absolute atomic E-state index is 0.0787. The highest BCUT2D eigenvalue weighted by atomic mass is 16.4. The molecule has 1 aliphatic rings. The molecule has 0 radical (unpaired) electrons. The van der Waals surface area contributed by atoms with E-state index >= 15 is 0 Å². The first-order valence-electron chi connectivity index (χ1n) is 10.2. The first kappa shape index (κ1) is 20.5. The van der Waals surface area contributed by atoms with Gasteiger partial charge in [0.2, 0.25) is 0 Å². The molecule has 2 heterocycles. The lowest BCUT2D eigenvalue weighted by Gasteiger charge is -2.35. The minimum atomic E-state index is -1.08. The van der Waals surface area contributed by atoms with Gasteiger partial charge in [-0.25, -0.2) is 9.59 Å². The molecule has 0 spiro atoms. The van der Waals surface area contributed by atoms with E-state index in [2.05, 4.69) is 10.3 Å². The number of amides is 3. The van der Waals surface area contributed by atoms with Crippen molar-refractivity contribution in [3.63, 3.8) is 0 Å². The quantitative estimate of drug-likeness (QED) is 0.589. The number of carbonyl (C=O) groups excluding carboxylic acids is 2. The summed E-state index contributed by atoms with van der Waals surface area (Å²) in [7, 11) is 0. The number of carboxylic acids is 1. The number of hydrogen-bond donors (Lipinski definition) is 3. The number of carbonyl (C=O) groups is 3. The zero-order chi connectivity index (χ0) is 21.8. The Morgan fingerprint density at radius 3 is 2.29 bits per heavy atom. The number of nitrogens with one attached hydrogen (secondary N) is 2. The molecule has 160 valence electrons. The summed E-state index contributed by atoms with van der Waals surface area (Å²) >= 11 is 0. The highest BCUT2D eigenvalue weighted by molar-refractivity contribution is 6.06. The number of fused-ring (bicyclic) bond motifs is 1. The summed E-state index contributed by atoms with van der Waals surface area (Å²) < 4.78 is 0. The lowest BCUT2D eigenvalue weighted by Crippen LogP contribution is -2.55. The van der Waals surface area contributed by atoms with Gasteiger partial charge in [-0.2, -0.15) is 0 Å². The Kier molecular flexibility index (Phi) is 5.88. The van der Waals surface area contributed by atoms with E-state index in [1.54, 1.807) is 16.0 Å². The van der Waals surface area contributed by atoms with Gasteiger partial charge in [-0.3, -0.25) is 4.79 Å². The van der Waals surface area contributed by atoms with Crippen molar-refractivity contribution in [3.8, 4) is 0 Å². The molecule has 0 saturated carbocycles. The number of aromatic amines is 1. The monoisotopic (exact) mass is 420 g/mol. The van der Waals surface area contributed by atoms with Gasteiger partial charge in [-0.05, 0) is 11.6 Å². The Labute approximate surface area is 179 Å². The van der Waals surface area contributed by atoms with E-state index < -0.39 is 18.0 Å². The van der Waals surface area contributed by atoms with Crippen molar-refractivity contribution in [1.29, 1.82) is 0 Å². The van der Waals surface area contributed by atoms with Gasteiger partial charge < -0.3 is 25.2 Å². The molecule has 31 heavy (non-hydrogen) atoms. The van der Waals surface area contributed by atoms with Gasteiger partial charge in [0.15, 0.2) is 0 Å². The Bertz CT molecular complexity index is 1090. The average Bonchev–Trinajstić information content (AvgIpc) is 3.23. The van der Waals surface area contributed by atoms with Crippen LogP contribution >= 0.6 is 0 Å². The third-order valence-electron chi connectivity index (χ3n) is 5.55. The summed E-state index contributed by atoms with van der Waals surface area (Å²) in [5.41, 5.74) is 2.36. The number of para-hydroxylation sites is 1. The van der Waals surface area contributed by atoms with Crippen molar-refractivity contribution in [3.05, 3.63) is 71.9 Å². The molecule has 0 unspecified atom stereocenters. The van der Waals surface area contributed by atoms with Crippen molar-refractivity contribution in [1.82, 2.24) is 20.1 Å². The number of benzene rings is 2. The van der Waals surface area contributed by atoms with Crippen molar-refractivity contribution < 1.29 is 19.5 Å². The number of nitrogens with zero attached hydrogens (tertiary/aromatic N) is 2. The van der Waals surface area contributed by atoms with Crippen LogP contribution in [0.4, 0.5) is 4.79 Å². The van der Waals surface area contributed by atoms with Crippen molar-refractivity contribution in [2.45, 2.75) is 12.5 Å². The summed E-state index contributed by atoms with van der Waals surface area (Å²) in [6.45, 7) is 1.47. The molecule has 0 bridgehead atoms. The second-order valence-corrected chi connectivity index (χ2v) is 7.56. The zero-order valence-electron chi connectivity index (χ0n) is 17.0. The van der Waals surface area contributed by atoms with Gasteiger partial charge in [0.1, 0.15) is 6.04 Å². The SMILES string of the molecule is O=C(O)[C@H](Cc1ccccc1)NC(=O)N1CCN(C(=O)c2c[nH]c3ccccc23)CC1. The highest BCUT2D eigenvalue weighted by Gasteiger charge is 2.28. The van der Waals surface area contributed by atoms with Crippen LogP contribution in [0.15, 0.2) is 60.8 Å². The van der Waals surface area contributed by atoms with Crippen molar-refractivity contribution in [2.75, 3.05) is 26.2 Å². The van der Waals surface area contributed by atoms with Gasteiger partial charge in [0.25, 0.3) is 5.91 Å². The number of piperazine rings is 1. The molecule has 3 N–H and O–H groups in total. The normalized spacial score (nSPS) is 15.0. The Balaban J connectivity index is 1.35. The molecule has 1 aliphatic heterocycles. The summed E-state index contributed by atoms with van der Waals surface area (Å²) in [6.07, 6.45) is 1.92. The van der Waals surface area contributed by atoms with E-state index in [1.807, 2.05) is 54.6 Å². The molecule has 4 rings (SSSR count). The molecule has 8 heteroatoms. The molecule has 0 aliphatic carbocycles. The second-order valence-electron chi connectivity index (χ2n) is 7.56. The molecule has 1 atom stereocenters. The molecule has 3 amide bonds. The lowest BCUT2D eigenvalue weighted by molar-refractivity contribution is -0.139. The predicted octanol–water partition coefficient (Wildman–Crippen LogP) is 2.33. The maximum atomic E-state index is 12.9. The number of H-pyrrole nitrogens is 1. The average molecular weight is 420 g/mol. The van der Waals surface area contributed by atoms with Gasteiger partial charge in [-0.15, -0.1) is 0 Å². The molecule has 1 fully saturated rings. The fourth-order valence-corrected chi connectivity index (χ4v) is 3.82. The molecule has 1 saturated heterocycles. The number of hydrogen-bond acceptors (Lipinski definition) is 3. The predicted molar refractivity (Wildman–Crippen MR) is 116 cm³/mol. The topological polar surface area (TPSA) is 106 Å². The van der Waals surface area contributed by atoms with E-state index in [4.69, 9.17) is 0 Å². The molecule has 2 aromatic carbocycles. The van der Waals surface area contributed by atoms with Crippen LogP contribution in [0.25, 0.3) is 10.9 Å². The fraction of sp³-hybridized carbons (Fsp3) is 0.261. The fourth-order valence-electron chi connectivity index (χ4n) is 3.82. The largest absolute Gasteiger partial charge is 0.480 e. The van der Waals surface area contributed by atoms with Gasteiger partial charge in [-0.1, -0.05) is 48.5 Å². The smallest absolute Gasteiger partial charge is 0.326 e. The van der Waals surface area contributed by atoms with Crippen LogP contribution in [-0.2, 0) is 11.2 Å². The van der Waals surface area contributed by atoms with Crippen LogP contribution in [0.2, 0.25) is 0 Å². The zero-order valence-corrected chi connectivity index (χ0v) is 17.0. The maximum Gasteiger partial charge on any atom is 0.326 e.